The van der Waals surface area contributed by atoms with Crippen molar-refractivity contribution in [3.05, 3.63) is 59.2 Å². The normalized spacial score (nSPS) is 11.7. The summed E-state index contributed by atoms with van der Waals surface area (Å²) in [6.45, 7) is 4.07. The van der Waals surface area contributed by atoms with Crippen molar-refractivity contribution >= 4 is 11.7 Å². The Morgan fingerprint density at radius 1 is 1.17 bits per heavy atom. The molecule has 2 rings (SSSR count). The first-order valence-corrected chi connectivity index (χ1v) is 7.43. The fourth-order valence-corrected chi connectivity index (χ4v) is 2.25. The smallest absolute Gasteiger partial charge is 0.319 e. The lowest BCUT2D eigenvalue weighted by Crippen LogP contribution is -2.32. The number of aliphatic hydroxyl groups is 1. The number of urea groups is 1. The van der Waals surface area contributed by atoms with Crippen molar-refractivity contribution in [3.8, 4) is 5.75 Å². The molecule has 0 aliphatic heterocycles. The number of carbonyl (C=O) groups is 1. The lowest BCUT2D eigenvalue weighted by atomic mass is 10.1. The Labute approximate surface area is 136 Å². The van der Waals surface area contributed by atoms with Crippen LogP contribution >= 0.6 is 0 Å². The number of aliphatic hydroxyl groups excluding tert-OH is 1. The monoisotopic (exact) mass is 314 g/mol. The van der Waals surface area contributed by atoms with Crippen LogP contribution in [0.5, 0.6) is 5.75 Å². The second-order valence-electron chi connectivity index (χ2n) is 5.44. The van der Waals surface area contributed by atoms with E-state index in [2.05, 4.69) is 10.6 Å². The summed E-state index contributed by atoms with van der Waals surface area (Å²) >= 11 is 0. The van der Waals surface area contributed by atoms with Gasteiger partial charge < -0.3 is 20.5 Å². The highest BCUT2D eigenvalue weighted by Crippen LogP contribution is 2.18. The van der Waals surface area contributed by atoms with E-state index in [-0.39, 0.29) is 12.6 Å². The molecule has 0 spiro atoms. The fraction of sp³-hybridized carbons (Fsp3) is 0.278. The third kappa shape index (κ3) is 4.72. The number of carbonyl (C=O) groups excluding carboxylic acids is 1. The van der Waals surface area contributed by atoms with E-state index in [4.69, 9.17) is 4.74 Å². The van der Waals surface area contributed by atoms with E-state index >= 15 is 0 Å². The molecule has 0 aliphatic rings. The molecule has 0 aliphatic carbocycles. The van der Waals surface area contributed by atoms with Gasteiger partial charge in [0.15, 0.2) is 0 Å². The molecule has 0 fully saturated rings. The first-order chi connectivity index (χ1) is 11.0. The number of ether oxygens (including phenoxy) is 1. The van der Waals surface area contributed by atoms with E-state index in [1.165, 1.54) is 0 Å². The maximum absolute atomic E-state index is 11.9. The van der Waals surface area contributed by atoms with Crippen LogP contribution in [-0.2, 0) is 0 Å². The van der Waals surface area contributed by atoms with Crippen LogP contribution in [0.2, 0.25) is 0 Å². The van der Waals surface area contributed by atoms with E-state index in [1.807, 2.05) is 32.0 Å². The van der Waals surface area contributed by atoms with Crippen molar-refractivity contribution < 1.29 is 14.6 Å². The third-order valence-corrected chi connectivity index (χ3v) is 3.59. The molecule has 0 heterocycles. The average molecular weight is 314 g/mol. The highest BCUT2D eigenvalue weighted by Gasteiger charge is 2.10. The molecule has 2 amide bonds. The molecular formula is C18H22N2O3. The van der Waals surface area contributed by atoms with E-state index < -0.39 is 6.10 Å². The largest absolute Gasteiger partial charge is 0.497 e. The van der Waals surface area contributed by atoms with Crippen LogP contribution in [0.25, 0.3) is 0 Å². The summed E-state index contributed by atoms with van der Waals surface area (Å²) in [6.07, 6.45) is -0.772. The number of anilines is 1. The number of methoxy groups -OCH3 is 1. The lowest BCUT2D eigenvalue weighted by Gasteiger charge is -2.14. The van der Waals surface area contributed by atoms with Gasteiger partial charge in [-0.15, -0.1) is 0 Å². The Morgan fingerprint density at radius 3 is 2.48 bits per heavy atom. The van der Waals surface area contributed by atoms with Gasteiger partial charge in [0.05, 0.1) is 13.2 Å². The quantitative estimate of drug-likeness (QED) is 0.794. The highest BCUT2D eigenvalue weighted by molar-refractivity contribution is 5.90. The minimum Gasteiger partial charge on any atom is -0.497 e. The van der Waals surface area contributed by atoms with E-state index in [9.17, 15) is 9.90 Å². The summed E-state index contributed by atoms with van der Waals surface area (Å²) in [5.41, 5.74) is 3.61. The highest BCUT2D eigenvalue weighted by atomic mass is 16.5. The van der Waals surface area contributed by atoms with Crippen molar-refractivity contribution in [3.63, 3.8) is 0 Å². The molecular weight excluding hydrogens is 292 g/mol. The zero-order valence-electron chi connectivity index (χ0n) is 13.6. The van der Waals surface area contributed by atoms with Gasteiger partial charge in [0.25, 0.3) is 0 Å². The minimum atomic E-state index is -0.772. The maximum atomic E-state index is 11.9. The molecule has 0 unspecified atom stereocenters. The standard InChI is InChI=1S/C18H22N2O3/c1-12-4-9-16(13(2)10-12)20-18(22)19-11-17(21)14-5-7-15(23-3)8-6-14/h4-10,17,21H,11H2,1-3H3,(H2,19,20,22)/t17-/m1/s1. The van der Waals surface area contributed by atoms with Gasteiger partial charge in [0.2, 0.25) is 0 Å². The molecule has 23 heavy (non-hydrogen) atoms. The number of amides is 2. The predicted molar refractivity (Wildman–Crippen MR) is 90.9 cm³/mol. The van der Waals surface area contributed by atoms with Gasteiger partial charge in [-0.05, 0) is 43.2 Å². The molecule has 0 aromatic heterocycles. The topological polar surface area (TPSA) is 70.6 Å². The Morgan fingerprint density at radius 2 is 1.87 bits per heavy atom. The molecule has 0 saturated heterocycles. The van der Waals surface area contributed by atoms with Gasteiger partial charge in [0, 0.05) is 12.2 Å². The van der Waals surface area contributed by atoms with Crippen molar-refractivity contribution in [2.45, 2.75) is 20.0 Å². The van der Waals surface area contributed by atoms with Crippen LogP contribution in [0.3, 0.4) is 0 Å². The molecule has 2 aromatic carbocycles. The molecule has 0 bridgehead atoms. The van der Waals surface area contributed by atoms with Gasteiger partial charge in [-0.2, -0.15) is 0 Å². The summed E-state index contributed by atoms with van der Waals surface area (Å²) in [6, 6.07) is 12.5. The first-order valence-electron chi connectivity index (χ1n) is 7.43. The molecule has 2 aromatic rings. The van der Waals surface area contributed by atoms with Crippen LogP contribution in [0, 0.1) is 13.8 Å². The molecule has 1 atom stereocenters. The third-order valence-electron chi connectivity index (χ3n) is 3.59. The number of hydrogen-bond acceptors (Lipinski definition) is 3. The summed E-state index contributed by atoms with van der Waals surface area (Å²) in [4.78, 5) is 11.9. The Hall–Kier alpha value is -2.53. The summed E-state index contributed by atoms with van der Waals surface area (Å²) in [5.74, 6) is 0.724. The second-order valence-corrected chi connectivity index (χ2v) is 5.44. The molecule has 0 radical (unpaired) electrons. The van der Waals surface area contributed by atoms with Crippen molar-refractivity contribution in [1.29, 1.82) is 0 Å². The summed E-state index contributed by atoms with van der Waals surface area (Å²) in [7, 11) is 1.59. The van der Waals surface area contributed by atoms with Gasteiger partial charge in [-0.3, -0.25) is 0 Å². The molecule has 122 valence electrons. The second kappa shape index (κ2) is 7.65. The molecule has 5 heteroatoms. The number of aryl methyl sites for hydroxylation is 2. The maximum Gasteiger partial charge on any atom is 0.319 e. The average Bonchev–Trinajstić information content (AvgIpc) is 2.55. The van der Waals surface area contributed by atoms with Crippen molar-refractivity contribution in [2.75, 3.05) is 19.0 Å². The Kier molecular flexibility index (Phi) is 5.60. The fourth-order valence-electron chi connectivity index (χ4n) is 2.25. The van der Waals surface area contributed by atoms with Crippen LogP contribution < -0.4 is 15.4 Å². The predicted octanol–water partition coefficient (Wildman–Crippen LogP) is 3.17. The van der Waals surface area contributed by atoms with Crippen LogP contribution in [0.15, 0.2) is 42.5 Å². The van der Waals surface area contributed by atoms with Gasteiger partial charge in [-0.1, -0.05) is 29.8 Å². The zero-order chi connectivity index (χ0) is 16.8. The number of benzene rings is 2. The number of rotatable bonds is 5. The Bertz CT molecular complexity index is 668. The van der Waals surface area contributed by atoms with Crippen LogP contribution in [-0.4, -0.2) is 24.8 Å². The van der Waals surface area contributed by atoms with Gasteiger partial charge in [-0.25, -0.2) is 4.79 Å². The minimum absolute atomic E-state index is 0.128. The first kappa shape index (κ1) is 16.8. The number of nitrogens with one attached hydrogen (secondary N) is 2. The van der Waals surface area contributed by atoms with Crippen LogP contribution in [0.4, 0.5) is 10.5 Å². The van der Waals surface area contributed by atoms with E-state index in [0.717, 1.165) is 28.1 Å². The van der Waals surface area contributed by atoms with E-state index in [0.29, 0.717) is 0 Å². The SMILES string of the molecule is COc1ccc([C@H](O)CNC(=O)Nc2ccc(C)cc2C)cc1. The lowest BCUT2D eigenvalue weighted by molar-refractivity contribution is 0.175. The molecule has 0 saturated carbocycles. The molecule has 5 nitrogen and oxygen atoms in total. The van der Waals surface area contributed by atoms with Crippen molar-refractivity contribution in [2.24, 2.45) is 0 Å². The van der Waals surface area contributed by atoms with E-state index in [1.54, 1.807) is 31.4 Å². The number of hydrogen-bond donors (Lipinski definition) is 3. The van der Waals surface area contributed by atoms with Gasteiger partial charge >= 0.3 is 6.03 Å². The molecule has 3 N–H and O–H groups in total. The van der Waals surface area contributed by atoms with Gasteiger partial charge in [0.1, 0.15) is 5.75 Å². The summed E-state index contributed by atoms with van der Waals surface area (Å²) < 4.78 is 5.07. The zero-order valence-corrected chi connectivity index (χ0v) is 13.6. The van der Waals surface area contributed by atoms with Crippen LogP contribution in [0.1, 0.15) is 22.8 Å². The Balaban J connectivity index is 1.87. The van der Waals surface area contributed by atoms with Crippen molar-refractivity contribution in [1.82, 2.24) is 5.32 Å². The summed E-state index contributed by atoms with van der Waals surface area (Å²) in [5, 5.41) is 15.6.